The molecule has 0 saturated heterocycles. The number of tetrazole rings is 1. The van der Waals surface area contributed by atoms with Crippen molar-refractivity contribution in [3.05, 3.63) is 47.2 Å². The first-order chi connectivity index (χ1) is 11.3. The first-order valence-electron chi connectivity index (χ1n) is 7.06. The summed E-state index contributed by atoms with van der Waals surface area (Å²) in [4.78, 5) is 14.4. The molecular weight excluding hydrogens is 330 g/mol. The maximum absolute atomic E-state index is 11.9. The lowest BCUT2D eigenvalue weighted by atomic mass is 10.3. The van der Waals surface area contributed by atoms with Gasteiger partial charge in [0.2, 0.25) is 11.7 Å². The molecule has 0 aliphatic rings. The maximum atomic E-state index is 11.9. The Morgan fingerprint density at radius 1 is 1.26 bits per heavy atom. The molecule has 3 aromatic rings. The summed E-state index contributed by atoms with van der Waals surface area (Å²) in [5, 5.41) is 18.8. The van der Waals surface area contributed by atoms with Gasteiger partial charge in [0.1, 0.15) is 6.54 Å². The van der Waals surface area contributed by atoms with E-state index < -0.39 is 0 Å². The number of rotatable bonds is 7. The molecule has 8 heteroatoms. The Labute approximate surface area is 141 Å². The summed E-state index contributed by atoms with van der Waals surface area (Å²) in [5.74, 6) is 1.24. The summed E-state index contributed by atoms with van der Waals surface area (Å²) in [6.07, 6.45) is 0. The van der Waals surface area contributed by atoms with Crippen LogP contribution in [-0.4, -0.2) is 38.4 Å². The number of amides is 1. The number of carbonyl (C=O) groups is 1. The van der Waals surface area contributed by atoms with E-state index in [0.29, 0.717) is 12.4 Å². The van der Waals surface area contributed by atoms with E-state index in [1.165, 1.54) is 9.69 Å². The molecule has 0 aliphatic carbocycles. The van der Waals surface area contributed by atoms with Crippen molar-refractivity contribution < 1.29 is 4.79 Å². The fourth-order valence-electron chi connectivity index (χ4n) is 1.88. The Morgan fingerprint density at radius 2 is 2.13 bits per heavy atom. The third-order valence-electron chi connectivity index (χ3n) is 2.95. The molecule has 0 spiro atoms. The second-order valence-corrected chi connectivity index (χ2v) is 6.62. The van der Waals surface area contributed by atoms with Gasteiger partial charge in [0, 0.05) is 28.1 Å². The van der Waals surface area contributed by atoms with Crippen LogP contribution in [0.2, 0.25) is 0 Å². The highest BCUT2D eigenvalue weighted by atomic mass is 32.2. The van der Waals surface area contributed by atoms with Gasteiger partial charge in [-0.15, -0.1) is 22.0 Å². The van der Waals surface area contributed by atoms with Crippen molar-refractivity contribution in [1.29, 1.82) is 0 Å². The molecule has 3 rings (SSSR count). The van der Waals surface area contributed by atoms with E-state index in [1.807, 2.05) is 35.0 Å². The van der Waals surface area contributed by atoms with Crippen LogP contribution in [0.1, 0.15) is 0 Å². The number of aromatic nitrogens is 4. The number of nitrogens with one attached hydrogen (secondary N) is 1. The van der Waals surface area contributed by atoms with E-state index in [9.17, 15) is 4.79 Å². The molecular formula is C15H15N5OS2. The Bertz CT molecular complexity index is 742. The first kappa shape index (κ1) is 15.7. The quantitative estimate of drug-likeness (QED) is 0.525. The highest BCUT2D eigenvalue weighted by Crippen LogP contribution is 2.17. The fraction of sp³-hybridized carbons (Fsp3) is 0.200. The van der Waals surface area contributed by atoms with Crippen LogP contribution < -0.4 is 5.32 Å². The molecule has 0 radical (unpaired) electrons. The molecule has 1 amide bonds. The molecule has 0 atom stereocenters. The molecule has 1 aromatic carbocycles. The monoisotopic (exact) mass is 345 g/mol. The Hall–Kier alpha value is -2.19. The number of benzene rings is 1. The van der Waals surface area contributed by atoms with Gasteiger partial charge in [-0.05, 0) is 28.8 Å². The molecule has 0 bridgehead atoms. The molecule has 118 valence electrons. The van der Waals surface area contributed by atoms with Crippen LogP contribution >= 0.6 is 23.1 Å². The number of hydrogen-bond donors (Lipinski definition) is 1. The average molecular weight is 345 g/mol. The van der Waals surface area contributed by atoms with E-state index in [4.69, 9.17) is 0 Å². The van der Waals surface area contributed by atoms with Crippen LogP contribution in [0.5, 0.6) is 0 Å². The van der Waals surface area contributed by atoms with Gasteiger partial charge in [0.15, 0.2) is 0 Å². The minimum absolute atomic E-state index is 0.0765. The lowest BCUT2D eigenvalue weighted by Crippen LogP contribution is -2.30. The predicted molar refractivity (Wildman–Crippen MR) is 91.3 cm³/mol. The van der Waals surface area contributed by atoms with Crippen LogP contribution in [0.25, 0.3) is 11.4 Å². The van der Waals surface area contributed by atoms with Crippen LogP contribution in [0.3, 0.4) is 0 Å². The summed E-state index contributed by atoms with van der Waals surface area (Å²) < 4.78 is 0. The largest absolute Gasteiger partial charge is 0.354 e. The number of thiophene rings is 1. The van der Waals surface area contributed by atoms with Crippen molar-refractivity contribution in [2.75, 3.05) is 12.3 Å². The van der Waals surface area contributed by atoms with E-state index in [2.05, 4.69) is 32.9 Å². The zero-order valence-electron chi connectivity index (χ0n) is 12.3. The summed E-state index contributed by atoms with van der Waals surface area (Å²) in [6, 6.07) is 12.0. The third-order valence-corrected chi connectivity index (χ3v) is 4.65. The van der Waals surface area contributed by atoms with Gasteiger partial charge in [-0.2, -0.15) is 16.1 Å². The van der Waals surface area contributed by atoms with Crippen LogP contribution in [0.15, 0.2) is 52.1 Å². The smallest absolute Gasteiger partial charge is 0.243 e. The Morgan fingerprint density at radius 3 is 2.91 bits per heavy atom. The maximum Gasteiger partial charge on any atom is 0.243 e. The van der Waals surface area contributed by atoms with Crippen molar-refractivity contribution in [2.45, 2.75) is 11.4 Å². The molecule has 2 heterocycles. The fourth-order valence-corrected chi connectivity index (χ4v) is 3.30. The zero-order chi connectivity index (χ0) is 15.9. The third kappa shape index (κ3) is 4.64. The van der Waals surface area contributed by atoms with Gasteiger partial charge in [0.05, 0.1) is 0 Å². The number of carbonyl (C=O) groups excluding carboxylic acids is 1. The number of hydrogen-bond acceptors (Lipinski definition) is 6. The Kier molecular flexibility index (Phi) is 5.38. The first-order valence-corrected chi connectivity index (χ1v) is 8.99. The summed E-state index contributed by atoms with van der Waals surface area (Å²) in [7, 11) is 0. The minimum atomic E-state index is -0.118. The topological polar surface area (TPSA) is 72.7 Å². The molecule has 2 aromatic heterocycles. The number of thioether (sulfide) groups is 1. The summed E-state index contributed by atoms with van der Waals surface area (Å²) >= 11 is 3.28. The second kappa shape index (κ2) is 7.89. The molecule has 23 heavy (non-hydrogen) atoms. The van der Waals surface area contributed by atoms with Crippen molar-refractivity contribution in [3.63, 3.8) is 0 Å². The lowest BCUT2D eigenvalue weighted by Gasteiger charge is -2.04. The normalized spacial score (nSPS) is 10.6. The highest BCUT2D eigenvalue weighted by Gasteiger charge is 2.09. The van der Waals surface area contributed by atoms with Crippen molar-refractivity contribution in [1.82, 2.24) is 25.5 Å². The van der Waals surface area contributed by atoms with Crippen molar-refractivity contribution >= 4 is 29.0 Å². The molecule has 0 unspecified atom stereocenters. The average Bonchev–Trinajstić information content (AvgIpc) is 3.24. The molecule has 6 nitrogen and oxygen atoms in total. The Balaban J connectivity index is 1.41. The van der Waals surface area contributed by atoms with Gasteiger partial charge in [-0.3, -0.25) is 4.79 Å². The standard InChI is InChI=1S/C15H15N5OS2/c21-14(16-7-9-23-13-4-2-1-3-5-13)10-20-18-15(17-19-20)12-6-8-22-11-12/h1-6,8,11H,7,9-10H2,(H,16,21). The molecule has 0 aliphatic heterocycles. The van der Waals surface area contributed by atoms with Gasteiger partial charge in [-0.25, -0.2) is 0 Å². The van der Waals surface area contributed by atoms with Crippen molar-refractivity contribution in [3.8, 4) is 11.4 Å². The summed E-state index contributed by atoms with van der Waals surface area (Å²) in [5.41, 5.74) is 0.918. The van der Waals surface area contributed by atoms with Crippen LogP contribution in [0.4, 0.5) is 0 Å². The van der Waals surface area contributed by atoms with Crippen molar-refractivity contribution in [2.24, 2.45) is 0 Å². The van der Waals surface area contributed by atoms with Crippen LogP contribution in [-0.2, 0) is 11.3 Å². The van der Waals surface area contributed by atoms with Gasteiger partial charge < -0.3 is 5.32 Å². The molecule has 0 saturated carbocycles. The summed E-state index contributed by atoms with van der Waals surface area (Å²) in [6.45, 7) is 0.678. The lowest BCUT2D eigenvalue weighted by molar-refractivity contribution is -0.121. The SMILES string of the molecule is O=C(Cn1nnc(-c2ccsc2)n1)NCCSc1ccccc1. The minimum Gasteiger partial charge on any atom is -0.354 e. The van der Waals surface area contributed by atoms with Gasteiger partial charge in [-0.1, -0.05) is 18.2 Å². The van der Waals surface area contributed by atoms with E-state index in [0.717, 1.165) is 11.3 Å². The van der Waals surface area contributed by atoms with Gasteiger partial charge in [0.25, 0.3) is 0 Å². The van der Waals surface area contributed by atoms with E-state index in [-0.39, 0.29) is 12.5 Å². The number of nitrogens with zero attached hydrogens (tertiary/aromatic N) is 4. The van der Waals surface area contributed by atoms with E-state index >= 15 is 0 Å². The van der Waals surface area contributed by atoms with Gasteiger partial charge >= 0.3 is 0 Å². The highest BCUT2D eigenvalue weighted by molar-refractivity contribution is 7.99. The second-order valence-electron chi connectivity index (χ2n) is 4.67. The predicted octanol–water partition coefficient (Wildman–Crippen LogP) is 2.31. The zero-order valence-corrected chi connectivity index (χ0v) is 13.9. The van der Waals surface area contributed by atoms with Crippen LogP contribution in [0, 0.1) is 0 Å². The molecule has 1 N–H and O–H groups in total. The molecule has 0 fully saturated rings. The van der Waals surface area contributed by atoms with E-state index in [1.54, 1.807) is 23.1 Å².